The molecule has 1 aliphatic heterocycles. The van der Waals surface area contributed by atoms with Crippen LogP contribution in [0.5, 0.6) is 0 Å². The fraction of sp³-hybridized carbons (Fsp3) is 0.300. The smallest absolute Gasteiger partial charge is 0.381 e. The van der Waals surface area contributed by atoms with Crippen LogP contribution in [0, 0.1) is 5.92 Å². The molecule has 0 amide bonds. The molecule has 0 radical (unpaired) electrons. The summed E-state index contributed by atoms with van der Waals surface area (Å²) in [6.45, 7) is 1.44. The molecule has 1 aromatic heterocycles. The molecule has 29 heavy (non-hydrogen) atoms. The van der Waals surface area contributed by atoms with Crippen molar-refractivity contribution in [3.63, 3.8) is 0 Å². The number of thioether (sulfide) groups is 1. The summed E-state index contributed by atoms with van der Waals surface area (Å²) < 4.78 is 47.7. The second kappa shape index (κ2) is 8.49. The number of hydrogen-bond donors (Lipinski definition) is 0. The van der Waals surface area contributed by atoms with E-state index in [4.69, 9.17) is 4.74 Å². The fourth-order valence-corrected chi connectivity index (χ4v) is 4.67. The molecule has 2 heterocycles. The van der Waals surface area contributed by atoms with E-state index in [2.05, 4.69) is 26.1 Å². The maximum atomic E-state index is 13.3. The quantitative estimate of drug-likeness (QED) is 0.427. The Morgan fingerprint density at radius 1 is 1.14 bits per heavy atom. The second-order valence-corrected chi connectivity index (χ2v) is 8.55. The molecule has 1 saturated heterocycles. The van der Waals surface area contributed by atoms with Gasteiger partial charge in [0.1, 0.15) is 0 Å². The summed E-state index contributed by atoms with van der Waals surface area (Å²) in [7, 11) is 0. The molecule has 0 aliphatic carbocycles. The normalized spacial score (nSPS) is 17.0. The van der Waals surface area contributed by atoms with Crippen LogP contribution in [-0.2, 0) is 10.9 Å². The number of alkyl halides is 3. The Kier molecular flexibility index (Phi) is 5.98. The summed E-state index contributed by atoms with van der Waals surface area (Å²) in [5.74, 6) is 1.66. The van der Waals surface area contributed by atoms with Gasteiger partial charge in [0.25, 0.3) is 0 Å². The topological polar surface area (TPSA) is 39.9 Å². The number of ether oxygens (including phenoxy) is 1. The zero-order valence-corrected chi connectivity index (χ0v) is 17.6. The summed E-state index contributed by atoms with van der Waals surface area (Å²) in [5, 5.41) is 9.16. The highest BCUT2D eigenvalue weighted by Gasteiger charge is 2.31. The van der Waals surface area contributed by atoms with Gasteiger partial charge in [-0.05, 0) is 36.6 Å². The first kappa shape index (κ1) is 20.4. The van der Waals surface area contributed by atoms with Crippen molar-refractivity contribution in [3.8, 4) is 17.1 Å². The fourth-order valence-electron chi connectivity index (χ4n) is 3.14. The van der Waals surface area contributed by atoms with Crippen LogP contribution < -0.4 is 0 Å². The average Bonchev–Trinajstić information content (AvgIpc) is 3.36. The summed E-state index contributed by atoms with van der Waals surface area (Å²) >= 11 is 4.99. The summed E-state index contributed by atoms with van der Waals surface area (Å²) in [5.41, 5.74) is 0.427. The highest BCUT2D eigenvalue weighted by molar-refractivity contribution is 9.10. The second-order valence-electron chi connectivity index (χ2n) is 6.71. The third-order valence-corrected chi connectivity index (χ3v) is 6.50. The maximum Gasteiger partial charge on any atom is 0.416 e. The van der Waals surface area contributed by atoms with E-state index in [1.54, 1.807) is 10.6 Å². The number of rotatable bonds is 5. The van der Waals surface area contributed by atoms with Crippen LogP contribution in [0.3, 0.4) is 0 Å². The standard InChI is InChI=1S/C20H17BrF3N3OS/c21-17-7-2-1-6-16(17)18-25-26-19(29-12-13-8-9-28-11-13)27(18)15-5-3-4-14(10-15)20(22,23)24/h1-7,10,13H,8-9,11-12H2. The van der Waals surface area contributed by atoms with E-state index in [1.807, 2.05) is 24.3 Å². The number of nitrogens with zero attached hydrogens (tertiary/aromatic N) is 3. The van der Waals surface area contributed by atoms with Crippen molar-refractivity contribution in [1.82, 2.24) is 14.8 Å². The zero-order chi connectivity index (χ0) is 20.4. The molecule has 4 rings (SSSR count). The van der Waals surface area contributed by atoms with Gasteiger partial charge in [0.15, 0.2) is 11.0 Å². The lowest BCUT2D eigenvalue weighted by Crippen LogP contribution is -2.08. The molecule has 0 spiro atoms. The lowest BCUT2D eigenvalue weighted by molar-refractivity contribution is -0.137. The van der Waals surface area contributed by atoms with Crippen LogP contribution in [0.4, 0.5) is 13.2 Å². The Balaban J connectivity index is 1.78. The number of benzene rings is 2. The molecule has 1 unspecified atom stereocenters. The largest absolute Gasteiger partial charge is 0.416 e. The van der Waals surface area contributed by atoms with Crippen LogP contribution in [0.15, 0.2) is 58.2 Å². The van der Waals surface area contributed by atoms with Crippen molar-refractivity contribution in [2.45, 2.75) is 17.8 Å². The lowest BCUT2D eigenvalue weighted by Gasteiger charge is -2.14. The van der Waals surface area contributed by atoms with Gasteiger partial charge in [-0.1, -0.05) is 52.0 Å². The highest BCUT2D eigenvalue weighted by atomic mass is 79.9. The van der Waals surface area contributed by atoms with E-state index in [-0.39, 0.29) is 0 Å². The SMILES string of the molecule is FC(F)(F)c1cccc(-n2c(SCC3CCOC3)nnc2-c2ccccc2Br)c1. The Labute approximate surface area is 178 Å². The van der Waals surface area contributed by atoms with Gasteiger partial charge in [-0.2, -0.15) is 13.2 Å². The van der Waals surface area contributed by atoms with Crippen molar-refractivity contribution in [1.29, 1.82) is 0 Å². The van der Waals surface area contributed by atoms with Crippen molar-refractivity contribution in [2.24, 2.45) is 5.92 Å². The maximum absolute atomic E-state index is 13.3. The molecule has 1 atom stereocenters. The van der Waals surface area contributed by atoms with Crippen molar-refractivity contribution < 1.29 is 17.9 Å². The summed E-state index contributed by atoms with van der Waals surface area (Å²) in [6.07, 6.45) is -3.45. The van der Waals surface area contributed by atoms with Crippen LogP contribution in [-0.4, -0.2) is 33.7 Å². The van der Waals surface area contributed by atoms with E-state index in [0.29, 0.717) is 29.2 Å². The van der Waals surface area contributed by atoms with Crippen LogP contribution in [0.1, 0.15) is 12.0 Å². The van der Waals surface area contributed by atoms with Gasteiger partial charge >= 0.3 is 6.18 Å². The third-order valence-electron chi connectivity index (χ3n) is 4.65. The Morgan fingerprint density at radius 3 is 2.69 bits per heavy atom. The summed E-state index contributed by atoms with van der Waals surface area (Å²) in [4.78, 5) is 0. The molecule has 0 N–H and O–H groups in total. The van der Waals surface area contributed by atoms with Crippen LogP contribution in [0.25, 0.3) is 17.1 Å². The van der Waals surface area contributed by atoms with Gasteiger partial charge < -0.3 is 4.74 Å². The van der Waals surface area contributed by atoms with Crippen molar-refractivity contribution in [3.05, 3.63) is 58.6 Å². The predicted octanol–water partition coefficient (Wildman–Crippen LogP) is 5.84. The Hall–Kier alpha value is -1.84. The Morgan fingerprint density at radius 2 is 1.97 bits per heavy atom. The molecule has 2 aromatic carbocycles. The first-order chi connectivity index (χ1) is 13.9. The van der Waals surface area contributed by atoms with Gasteiger partial charge in [0.2, 0.25) is 0 Å². The minimum Gasteiger partial charge on any atom is -0.381 e. The van der Waals surface area contributed by atoms with E-state index >= 15 is 0 Å². The first-order valence-corrected chi connectivity index (χ1v) is 10.8. The van der Waals surface area contributed by atoms with Gasteiger partial charge in [-0.3, -0.25) is 4.57 Å². The third kappa shape index (κ3) is 4.51. The molecular formula is C20H17BrF3N3OS. The van der Waals surface area contributed by atoms with Gasteiger partial charge in [-0.25, -0.2) is 0 Å². The van der Waals surface area contributed by atoms with E-state index < -0.39 is 11.7 Å². The van der Waals surface area contributed by atoms with E-state index in [0.717, 1.165) is 40.9 Å². The summed E-state index contributed by atoms with van der Waals surface area (Å²) in [6, 6.07) is 12.7. The zero-order valence-electron chi connectivity index (χ0n) is 15.2. The lowest BCUT2D eigenvalue weighted by atomic mass is 10.1. The number of aromatic nitrogens is 3. The molecule has 4 nitrogen and oxygen atoms in total. The minimum absolute atomic E-state index is 0.376. The monoisotopic (exact) mass is 483 g/mol. The molecule has 1 fully saturated rings. The molecule has 9 heteroatoms. The van der Waals surface area contributed by atoms with Crippen LogP contribution in [0.2, 0.25) is 0 Å². The van der Waals surface area contributed by atoms with Crippen molar-refractivity contribution >= 4 is 27.7 Å². The molecule has 0 bridgehead atoms. The first-order valence-electron chi connectivity index (χ1n) is 9.02. The van der Waals surface area contributed by atoms with Gasteiger partial charge in [0, 0.05) is 22.4 Å². The molecule has 1 aliphatic rings. The molecular weight excluding hydrogens is 467 g/mol. The van der Waals surface area contributed by atoms with Crippen molar-refractivity contribution in [2.75, 3.05) is 19.0 Å². The average molecular weight is 484 g/mol. The number of halogens is 4. The van der Waals surface area contributed by atoms with E-state index in [1.165, 1.54) is 17.8 Å². The predicted molar refractivity (Wildman–Crippen MR) is 109 cm³/mol. The highest BCUT2D eigenvalue weighted by Crippen LogP contribution is 2.35. The minimum atomic E-state index is -4.42. The molecule has 3 aromatic rings. The molecule has 0 saturated carbocycles. The van der Waals surface area contributed by atoms with Crippen LogP contribution >= 0.6 is 27.7 Å². The number of hydrogen-bond acceptors (Lipinski definition) is 4. The Bertz CT molecular complexity index is 1000. The van der Waals surface area contributed by atoms with Gasteiger partial charge in [0.05, 0.1) is 17.9 Å². The van der Waals surface area contributed by atoms with Gasteiger partial charge in [-0.15, -0.1) is 10.2 Å². The van der Waals surface area contributed by atoms with E-state index in [9.17, 15) is 13.2 Å². The molecule has 152 valence electrons.